The molecule has 7 nitrogen and oxygen atoms in total. The molecule has 0 bridgehead atoms. The van der Waals surface area contributed by atoms with Crippen LogP contribution in [0.4, 0.5) is 0 Å². The van der Waals surface area contributed by atoms with Crippen molar-refractivity contribution in [1.29, 1.82) is 0 Å². The van der Waals surface area contributed by atoms with Gasteiger partial charge in [0.2, 0.25) is 15.8 Å². The summed E-state index contributed by atoms with van der Waals surface area (Å²) >= 11 is 0. The highest BCUT2D eigenvalue weighted by Gasteiger charge is 2.31. The third-order valence-electron chi connectivity index (χ3n) is 4.49. The summed E-state index contributed by atoms with van der Waals surface area (Å²) in [5.74, 6) is -0.0789. The first-order valence-corrected chi connectivity index (χ1v) is 10.3. The SMILES string of the molecule is CCCc1ccc(S(=O)(=O)N2CCN(C(=O)C3=COCCO3)CC2)cc1. The second kappa shape index (κ2) is 8.09. The third kappa shape index (κ3) is 4.02. The summed E-state index contributed by atoms with van der Waals surface area (Å²) in [6.45, 7) is 4.04. The van der Waals surface area contributed by atoms with Gasteiger partial charge >= 0.3 is 0 Å². The van der Waals surface area contributed by atoms with E-state index in [-0.39, 0.29) is 24.8 Å². The molecule has 0 radical (unpaired) electrons. The zero-order valence-corrected chi connectivity index (χ0v) is 15.7. The monoisotopic (exact) mass is 380 g/mol. The molecule has 0 atom stereocenters. The molecular formula is C18H24N2O5S. The summed E-state index contributed by atoms with van der Waals surface area (Å²) in [6.07, 6.45) is 3.28. The molecule has 0 unspecified atom stereocenters. The van der Waals surface area contributed by atoms with E-state index in [1.807, 2.05) is 12.1 Å². The van der Waals surface area contributed by atoms with Crippen LogP contribution >= 0.6 is 0 Å². The Morgan fingerprint density at radius 1 is 1.08 bits per heavy atom. The molecule has 0 spiro atoms. The summed E-state index contributed by atoms with van der Waals surface area (Å²) < 4.78 is 37.4. The molecule has 2 aliphatic rings. The number of hydrogen-bond donors (Lipinski definition) is 0. The lowest BCUT2D eigenvalue weighted by molar-refractivity contribution is -0.133. The fraction of sp³-hybridized carbons (Fsp3) is 0.500. The lowest BCUT2D eigenvalue weighted by Crippen LogP contribution is -2.51. The number of carbonyl (C=O) groups is 1. The van der Waals surface area contributed by atoms with Crippen molar-refractivity contribution in [3.05, 3.63) is 41.9 Å². The second-order valence-electron chi connectivity index (χ2n) is 6.29. The molecule has 142 valence electrons. The van der Waals surface area contributed by atoms with Crippen LogP contribution in [0.2, 0.25) is 0 Å². The molecule has 3 rings (SSSR count). The van der Waals surface area contributed by atoms with Crippen LogP contribution in [0.3, 0.4) is 0 Å². The summed E-state index contributed by atoms with van der Waals surface area (Å²) in [5.41, 5.74) is 1.13. The lowest BCUT2D eigenvalue weighted by Gasteiger charge is -2.34. The normalized spacial score (nSPS) is 18.7. The van der Waals surface area contributed by atoms with Crippen molar-refractivity contribution in [2.45, 2.75) is 24.7 Å². The van der Waals surface area contributed by atoms with Gasteiger partial charge in [-0.05, 0) is 24.1 Å². The molecule has 1 aromatic carbocycles. The van der Waals surface area contributed by atoms with E-state index in [2.05, 4.69) is 6.92 Å². The molecule has 2 aliphatic heterocycles. The summed E-state index contributed by atoms with van der Waals surface area (Å²) in [7, 11) is -3.54. The van der Waals surface area contributed by atoms with Crippen LogP contribution in [0.5, 0.6) is 0 Å². The molecule has 0 aliphatic carbocycles. The highest BCUT2D eigenvalue weighted by Crippen LogP contribution is 2.20. The van der Waals surface area contributed by atoms with Gasteiger partial charge in [0, 0.05) is 26.2 Å². The first-order valence-electron chi connectivity index (χ1n) is 8.85. The fourth-order valence-corrected chi connectivity index (χ4v) is 4.46. The second-order valence-corrected chi connectivity index (χ2v) is 8.23. The predicted octanol–water partition coefficient (Wildman–Crippen LogP) is 1.36. The molecule has 8 heteroatoms. The van der Waals surface area contributed by atoms with E-state index in [9.17, 15) is 13.2 Å². The van der Waals surface area contributed by atoms with Crippen LogP contribution in [-0.4, -0.2) is 62.9 Å². The number of benzene rings is 1. The van der Waals surface area contributed by atoms with Crippen LogP contribution in [0.15, 0.2) is 41.2 Å². The van der Waals surface area contributed by atoms with Gasteiger partial charge in [0.15, 0.2) is 0 Å². The minimum absolute atomic E-state index is 0.180. The van der Waals surface area contributed by atoms with E-state index >= 15 is 0 Å². The van der Waals surface area contributed by atoms with Gasteiger partial charge in [-0.3, -0.25) is 4.79 Å². The number of rotatable bonds is 5. The Morgan fingerprint density at radius 2 is 1.77 bits per heavy atom. The number of sulfonamides is 1. The van der Waals surface area contributed by atoms with Gasteiger partial charge in [-0.2, -0.15) is 4.31 Å². The van der Waals surface area contributed by atoms with Gasteiger partial charge in [0.1, 0.15) is 19.5 Å². The number of carbonyl (C=O) groups excluding carboxylic acids is 1. The smallest absolute Gasteiger partial charge is 0.292 e. The predicted molar refractivity (Wildman–Crippen MR) is 95.8 cm³/mol. The van der Waals surface area contributed by atoms with Gasteiger partial charge < -0.3 is 14.4 Å². The summed E-state index contributed by atoms with van der Waals surface area (Å²) in [5, 5.41) is 0. The molecule has 2 heterocycles. The Hall–Kier alpha value is -2.06. The summed E-state index contributed by atoms with van der Waals surface area (Å²) in [6, 6.07) is 7.05. The van der Waals surface area contributed by atoms with Gasteiger partial charge in [0.25, 0.3) is 5.91 Å². The van der Waals surface area contributed by atoms with E-state index in [4.69, 9.17) is 9.47 Å². The zero-order valence-electron chi connectivity index (χ0n) is 14.9. The lowest BCUT2D eigenvalue weighted by atomic mass is 10.1. The molecule has 0 aromatic heterocycles. The minimum Gasteiger partial charge on any atom is -0.494 e. The fourth-order valence-electron chi connectivity index (χ4n) is 3.03. The minimum atomic E-state index is -3.54. The first-order chi connectivity index (χ1) is 12.5. The van der Waals surface area contributed by atoms with Gasteiger partial charge in [0.05, 0.1) is 4.90 Å². The zero-order chi connectivity index (χ0) is 18.6. The Bertz CT molecular complexity index is 765. The number of aryl methyl sites for hydroxylation is 1. The maximum Gasteiger partial charge on any atom is 0.292 e. The van der Waals surface area contributed by atoms with Gasteiger partial charge in [-0.1, -0.05) is 25.5 Å². The van der Waals surface area contributed by atoms with Crippen molar-refractivity contribution in [2.75, 3.05) is 39.4 Å². The maximum absolute atomic E-state index is 12.8. The van der Waals surface area contributed by atoms with E-state index in [1.165, 1.54) is 10.6 Å². The highest BCUT2D eigenvalue weighted by molar-refractivity contribution is 7.89. The molecule has 1 amide bonds. The van der Waals surface area contributed by atoms with Crippen molar-refractivity contribution in [3.8, 4) is 0 Å². The first kappa shape index (κ1) is 18.7. The van der Waals surface area contributed by atoms with E-state index in [0.717, 1.165) is 18.4 Å². The van der Waals surface area contributed by atoms with Crippen LogP contribution in [0.25, 0.3) is 0 Å². The number of amides is 1. The number of ether oxygens (including phenoxy) is 2. The molecule has 1 aromatic rings. The Labute approximate surface area is 154 Å². The summed E-state index contributed by atoms with van der Waals surface area (Å²) in [4.78, 5) is 14.3. The molecule has 1 saturated heterocycles. The highest BCUT2D eigenvalue weighted by atomic mass is 32.2. The maximum atomic E-state index is 12.8. The van der Waals surface area contributed by atoms with Crippen molar-refractivity contribution in [2.24, 2.45) is 0 Å². The number of hydrogen-bond acceptors (Lipinski definition) is 5. The average molecular weight is 380 g/mol. The van der Waals surface area contributed by atoms with E-state index < -0.39 is 10.0 Å². The molecule has 26 heavy (non-hydrogen) atoms. The van der Waals surface area contributed by atoms with Crippen molar-refractivity contribution in [1.82, 2.24) is 9.21 Å². The third-order valence-corrected chi connectivity index (χ3v) is 6.40. The quantitative estimate of drug-likeness (QED) is 0.771. The average Bonchev–Trinajstić information content (AvgIpc) is 2.69. The Balaban J connectivity index is 1.63. The molecule has 1 fully saturated rings. The van der Waals surface area contributed by atoms with Crippen molar-refractivity contribution < 1.29 is 22.7 Å². The van der Waals surface area contributed by atoms with Crippen LogP contribution in [-0.2, 0) is 30.7 Å². The van der Waals surface area contributed by atoms with E-state index in [0.29, 0.717) is 31.2 Å². The standard InChI is InChI=1S/C18H24N2O5S/c1-2-3-15-4-6-16(7-5-15)26(22,23)20-10-8-19(9-11-20)18(21)17-14-24-12-13-25-17/h4-7,14H,2-3,8-13H2,1H3. The van der Waals surface area contributed by atoms with Crippen LogP contribution < -0.4 is 0 Å². The van der Waals surface area contributed by atoms with Gasteiger partial charge in [-0.25, -0.2) is 8.42 Å². The molecular weight excluding hydrogens is 356 g/mol. The largest absolute Gasteiger partial charge is 0.494 e. The van der Waals surface area contributed by atoms with E-state index in [1.54, 1.807) is 17.0 Å². The van der Waals surface area contributed by atoms with Crippen LogP contribution in [0.1, 0.15) is 18.9 Å². The van der Waals surface area contributed by atoms with Crippen molar-refractivity contribution in [3.63, 3.8) is 0 Å². The number of nitrogens with zero attached hydrogens (tertiary/aromatic N) is 2. The van der Waals surface area contributed by atoms with Crippen LogP contribution in [0, 0.1) is 0 Å². The topological polar surface area (TPSA) is 76.2 Å². The molecule has 0 N–H and O–H groups in total. The van der Waals surface area contributed by atoms with Crippen molar-refractivity contribution >= 4 is 15.9 Å². The molecule has 0 saturated carbocycles. The number of piperazine rings is 1. The van der Waals surface area contributed by atoms with Gasteiger partial charge in [-0.15, -0.1) is 0 Å². The Morgan fingerprint density at radius 3 is 2.35 bits per heavy atom. The Kier molecular flexibility index (Phi) is 5.83.